The van der Waals surface area contributed by atoms with E-state index in [0.717, 1.165) is 10.6 Å². The molecule has 0 bridgehead atoms. The first kappa shape index (κ1) is 19.5. The van der Waals surface area contributed by atoms with Crippen LogP contribution in [0.4, 0.5) is 11.4 Å². The van der Waals surface area contributed by atoms with Crippen molar-refractivity contribution >= 4 is 33.3 Å². The highest BCUT2D eigenvalue weighted by atomic mass is 32.2. The van der Waals surface area contributed by atoms with Gasteiger partial charge in [0, 0.05) is 0 Å². The van der Waals surface area contributed by atoms with Gasteiger partial charge in [0.1, 0.15) is 6.04 Å². The summed E-state index contributed by atoms with van der Waals surface area (Å²) in [4.78, 5) is 24.5. The van der Waals surface area contributed by atoms with E-state index in [4.69, 9.17) is 4.74 Å². The van der Waals surface area contributed by atoms with Gasteiger partial charge in [-0.2, -0.15) is 0 Å². The molecule has 1 N–H and O–H groups in total. The molecule has 0 aliphatic carbocycles. The van der Waals surface area contributed by atoms with Gasteiger partial charge in [0.2, 0.25) is 15.9 Å². The summed E-state index contributed by atoms with van der Waals surface area (Å²) >= 11 is 0. The summed E-state index contributed by atoms with van der Waals surface area (Å²) in [5.41, 5.74) is 0.804. The van der Waals surface area contributed by atoms with Gasteiger partial charge in [0.15, 0.2) is 0 Å². The Labute approximate surface area is 152 Å². The Morgan fingerprint density at radius 1 is 1.04 bits per heavy atom. The predicted octanol–water partition coefficient (Wildman–Crippen LogP) is 2.27. The minimum absolute atomic E-state index is 0.182. The van der Waals surface area contributed by atoms with E-state index in [1.165, 1.54) is 20.1 Å². The third-order valence-electron chi connectivity index (χ3n) is 3.69. The van der Waals surface area contributed by atoms with E-state index in [1.54, 1.807) is 48.5 Å². The number of hydrogen-bond donors (Lipinski definition) is 1. The Morgan fingerprint density at radius 2 is 1.62 bits per heavy atom. The molecular weight excluding hydrogens is 356 g/mol. The maximum absolute atomic E-state index is 12.7. The fourth-order valence-corrected chi connectivity index (χ4v) is 3.68. The third kappa shape index (κ3) is 4.40. The number of esters is 1. The zero-order valence-electron chi connectivity index (χ0n) is 14.7. The number of methoxy groups -OCH3 is 1. The van der Waals surface area contributed by atoms with E-state index in [1.807, 2.05) is 0 Å². The van der Waals surface area contributed by atoms with E-state index in [9.17, 15) is 18.0 Å². The summed E-state index contributed by atoms with van der Waals surface area (Å²) in [6.45, 7) is 1.48. The smallest absolute Gasteiger partial charge is 0.339 e. The lowest BCUT2D eigenvalue weighted by Crippen LogP contribution is -2.45. The molecule has 7 nitrogen and oxygen atoms in total. The van der Waals surface area contributed by atoms with Gasteiger partial charge in [-0.1, -0.05) is 30.3 Å². The van der Waals surface area contributed by atoms with Gasteiger partial charge in [-0.05, 0) is 31.2 Å². The van der Waals surface area contributed by atoms with Crippen LogP contribution in [0, 0.1) is 0 Å². The molecule has 26 heavy (non-hydrogen) atoms. The standard InChI is InChI=1S/C18H20N2O5S/c1-13(20(26(3,23)24)14-9-5-4-6-10-14)17(21)19-16-12-8-7-11-15(16)18(22)25-2/h4-13H,1-3H3,(H,19,21)/t13-/m1/s1. The number of nitrogens with zero attached hydrogens (tertiary/aromatic N) is 1. The van der Waals surface area contributed by atoms with Crippen molar-refractivity contribution in [1.29, 1.82) is 0 Å². The van der Waals surface area contributed by atoms with Gasteiger partial charge >= 0.3 is 5.97 Å². The molecule has 0 saturated heterocycles. The lowest BCUT2D eigenvalue weighted by molar-refractivity contribution is -0.116. The van der Waals surface area contributed by atoms with Crippen LogP contribution in [-0.4, -0.2) is 39.7 Å². The molecule has 0 spiro atoms. The highest BCUT2D eigenvalue weighted by molar-refractivity contribution is 7.92. The Bertz CT molecular complexity index is 897. The normalized spacial score (nSPS) is 12.1. The highest BCUT2D eigenvalue weighted by Gasteiger charge is 2.29. The lowest BCUT2D eigenvalue weighted by atomic mass is 10.1. The molecule has 0 aliphatic rings. The zero-order chi connectivity index (χ0) is 19.3. The van der Waals surface area contributed by atoms with Crippen molar-refractivity contribution in [2.45, 2.75) is 13.0 Å². The summed E-state index contributed by atoms with van der Waals surface area (Å²) in [6, 6.07) is 13.6. The molecular formula is C18H20N2O5S. The van der Waals surface area contributed by atoms with Crippen LogP contribution in [0.25, 0.3) is 0 Å². The second kappa shape index (κ2) is 8.01. The van der Waals surface area contributed by atoms with E-state index >= 15 is 0 Å². The lowest BCUT2D eigenvalue weighted by Gasteiger charge is -2.28. The summed E-state index contributed by atoms with van der Waals surface area (Å²) in [5.74, 6) is -1.17. The number of anilines is 2. The molecule has 0 saturated carbocycles. The van der Waals surface area contributed by atoms with Crippen molar-refractivity contribution in [2.75, 3.05) is 23.0 Å². The van der Waals surface area contributed by atoms with E-state index < -0.39 is 27.9 Å². The Balaban J connectivity index is 2.33. The van der Waals surface area contributed by atoms with Gasteiger partial charge in [0.05, 0.1) is 30.3 Å². The van der Waals surface area contributed by atoms with Gasteiger partial charge < -0.3 is 10.1 Å². The number of para-hydroxylation sites is 2. The van der Waals surface area contributed by atoms with Crippen molar-refractivity contribution in [2.24, 2.45) is 0 Å². The van der Waals surface area contributed by atoms with Crippen LogP contribution in [0.3, 0.4) is 0 Å². The third-order valence-corrected chi connectivity index (χ3v) is 4.93. The molecule has 2 rings (SSSR count). The molecule has 2 aromatic rings. The molecule has 1 amide bonds. The molecule has 2 aromatic carbocycles. The average Bonchev–Trinajstić information content (AvgIpc) is 2.61. The fraction of sp³-hybridized carbons (Fsp3) is 0.222. The van der Waals surface area contributed by atoms with E-state index in [0.29, 0.717) is 5.69 Å². The van der Waals surface area contributed by atoms with Crippen LogP contribution < -0.4 is 9.62 Å². The minimum Gasteiger partial charge on any atom is -0.465 e. The van der Waals surface area contributed by atoms with Crippen LogP contribution in [0.2, 0.25) is 0 Å². The molecule has 0 radical (unpaired) electrons. The second-order valence-corrected chi connectivity index (χ2v) is 7.46. The summed E-state index contributed by atoms with van der Waals surface area (Å²) in [5, 5.41) is 2.60. The number of hydrogen-bond acceptors (Lipinski definition) is 5. The van der Waals surface area contributed by atoms with Gasteiger partial charge in [0.25, 0.3) is 0 Å². The molecule has 0 unspecified atom stereocenters. The van der Waals surface area contributed by atoms with Crippen molar-refractivity contribution < 1.29 is 22.7 Å². The number of amides is 1. The van der Waals surface area contributed by atoms with Gasteiger partial charge in [-0.3, -0.25) is 9.10 Å². The van der Waals surface area contributed by atoms with Crippen LogP contribution in [0.5, 0.6) is 0 Å². The molecule has 0 fully saturated rings. The SMILES string of the molecule is COC(=O)c1ccccc1NC(=O)[C@@H](C)N(c1ccccc1)S(C)(=O)=O. The quantitative estimate of drug-likeness (QED) is 0.781. The Hall–Kier alpha value is -2.87. The van der Waals surface area contributed by atoms with Crippen molar-refractivity contribution in [3.8, 4) is 0 Å². The average molecular weight is 376 g/mol. The van der Waals surface area contributed by atoms with Crippen molar-refractivity contribution in [3.05, 3.63) is 60.2 Å². The maximum Gasteiger partial charge on any atom is 0.339 e. The van der Waals surface area contributed by atoms with Crippen LogP contribution >= 0.6 is 0 Å². The Kier molecular flexibility index (Phi) is 5.99. The number of benzene rings is 2. The molecule has 138 valence electrons. The monoisotopic (exact) mass is 376 g/mol. The number of rotatable bonds is 6. The number of carbonyl (C=O) groups excluding carboxylic acids is 2. The maximum atomic E-state index is 12.7. The molecule has 8 heteroatoms. The molecule has 0 aromatic heterocycles. The van der Waals surface area contributed by atoms with Gasteiger partial charge in [-0.15, -0.1) is 0 Å². The summed E-state index contributed by atoms with van der Waals surface area (Å²) in [6.07, 6.45) is 1.03. The molecule has 0 heterocycles. The van der Waals surface area contributed by atoms with Crippen LogP contribution in [0.1, 0.15) is 17.3 Å². The zero-order valence-corrected chi connectivity index (χ0v) is 15.5. The Morgan fingerprint density at radius 3 is 2.19 bits per heavy atom. The number of ether oxygens (including phenoxy) is 1. The van der Waals surface area contributed by atoms with Crippen LogP contribution in [0.15, 0.2) is 54.6 Å². The summed E-state index contributed by atoms with van der Waals surface area (Å²) < 4.78 is 30.2. The second-order valence-electron chi connectivity index (χ2n) is 5.60. The minimum atomic E-state index is -3.70. The first-order chi connectivity index (χ1) is 12.3. The topological polar surface area (TPSA) is 92.8 Å². The van der Waals surface area contributed by atoms with Crippen molar-refractivity contribution in [1.82, 2.24) is 0 Å². The van der Waals surface area contributed by atoms with Gasteiger partial charge in [-0.25, -0.2) is 13.2 Å². The largest absolute Gasteiger partial charge is 0.465 e. The summed E-state index contributed by atoms with van der Waals surface area (Å²) in [7, 11) is -2.46. The fourth-order valence-electron chi connectivity index (χ4n) is 2.50. The molecule has 1 atom stereocenters. The number of sulfonamides is 1. The number of carbonyl (C=O) groups is 2. The van der Waals surface area contributed by atoms with E-state index in [2.05, 4.69) is 5.32 Å². The first-order valence-electron chi connectivity index (χ1n) is 7.78. The molecule has 0 aliphatic heterocycles. The predicted molar refractivity (Wildman–Crippen MR) is 99.6 cm³/mol. The van der Waals surface area contributed by atoms with Crippen LogP contribution in [-0.2, 0) is 19.6 Å². The first-order valence-corrected chi connectivity index (χ1v) is 9.63. The van der Waals surface area contributed by atoms with E-state index in [-0.39, 0.29) is 11.3 Å². The number of nitrogens with one attached hydrogen (secondary N) is 1. The van der Waals surface area contributed by atoms with Crippen molar-refractivity contribution in [3.63, 3.8) is 0 Å². The highest BCUT2D eigenvalue weighted by Crippen LogP contribution is 2.22.